The summed E-state index contributed by atoms with van der Waals surface area (Å²) in [5.74, 6) is -1.84. The largest absolute Gasteiger partial charge is 0.453 e. The minimum absolute atomic E-state index is 0.00284. The molecule has 91 heavy (non-hydrogen) atoms. The van der Waals surface area contributed by atoms with Gasteiger partial charge in [0, 0.05) is 87.0 Å². The maximum atomic E-state index is 15.6. The van der Waals surface area contributed by atoms with Crippen LogP contribution in [-0.2, 0) is 45.3 Å². The van der Waals surface area contributed by atoms with Crippen LogP contribution in [0.2, 0.25) is 0 Å². The van der Waals surface area contributed by atoms with Crippen molar-refractivity contribution in [3.05, 3.63) is 190 Å². The standard InChI is InChI=1S/C33H40FN5O4.C32H38FN3O4.CH4N2.CH4O.O2S/c1-22-7-3-8-25(19-22)29-27(10-4-11-28(29)34)33(42,16-6-17-37-32(41)43-2)26-9-5-18-39(21-26)30(40)24-14-12-23(13-15-24)20-38-31(35)36;1-22-7-3-8-25(19-22)29-27(10-4-11-28(29)33)32(39,16-6-17-35-31(38)40-2)26-9-5-18-36(21-26)30(37)24-14-12-23(20-34)13-15-24;2-1-3;1-2;1-3-2/h3-4,7-8,10-15,19,26,42H,5-6,9,16-18,20-21H2,1-2H3,(H,37,41)(H4,35,36,38);3-4,7-8,10-15,19,26,39H,5-6,9,16-18,20-21,34H2,1-2H3,(H,35,38);1H,(H3,2,3);2H,1H3;/t26-,33?;26-,32?;;;/m11.../s1. The van der Waals surface area contributed by atoms with Crippen molar-refractivity contribution in [2.45, 2.75) is 89.5 Å². The number of guanidine groups is 1. The van der Waals surface area contributed by atoms with Gasteiger partial charge in [-0.15, -0.1) is 0 Å². The second-order valence-corrected chi connectivity index (χ2v) is 21.8. The molecule has 2 aliphatic rings. The number of aliphatic imine (C=N–C) groups is 1. The average molecular weight is 1280 g/mol. The zero-order valence-corrected chi connectivity index (χ0v) is 53.0. The van der Waals surface area contributed by atoms with Gasteiger partial charge >= 0.3 is 23.8 Å². The highest BCUT2D eigenvalue weighted by molar-refractivity contribution is 7.51. The van der Waals surface area contributed by atoms with Crippen LogP contribution in [0.5, 0.6) is 0 Å². The smallest absolute Gasteiger partial charge is 0.406 e. The van der Waals surface area contributed by atoms with Crippen LogP contribution < -0.4 is 33.6 Å². The fraction of sp³-hybridized carbons (Fsp3) is 0.373. The summed E-state index contributed by atoms with van der Waals surface area (Å²) in [7, 11) is 3.58. The number of aliphatic hydroxyl groups excluding tert-OH is 1. The Labute approximate surface area is 534 Å². The van der Waals surface area contributed by atoms with Gasteiger partial charge in [-0.05, 0) is 135 Å². The minimum Gasteiger partial charge on any atom is -0.453 e. The number of carbonyl (C=O) groups excluding carboxylic acids is 4. The number of benzene rings is 6. The van der Waals surface area contributed by atoms with E-state index in [1.54, 1.807) is 58.3 Å². The summed E-state index contributed by atoms with van der Waals surface area (Å²) in [5, 5.41) is 43.3. The first-order chi connectivity index (χ1) is 43.7. The number of alkyl carbamates (subject to hydrolysis) is 2. The van der Waals surface area contributed by atoms with E-state index in [1.165, 1.54) is 26.4 Å². The van der Waals surface area contributed by atoms with E-state index in [4.69, 9.17) is 36.1 Å². The molecule has 0 aliphatic carbocycles. The van der Waals surface area contributed by atoms with Crippen molar-refractivity contribution in [1.82, 2.24) is 20.4 Å². The van der Waals surface area contributed by atoms with Gasteiger partial charge in [-0.25, -0.2) is 23.4 Å². The summed E-state index contributed by atoms with van der Waals surface area (Å²) in [5.41, 5.74) is 25.9. The number of ether oxygens (including phenoxy) is 2. The second kappa shape index (κ2) is 37.9. The fourth-order valence-corrected chi connectivity index (χ4v) is 11.5. The number of aliphatic hydroxyl groups is 3. The average Bonchev–Trinajstić information content (AvgIpc) is 3.03. The highest BCUT2D eigenvalue weighted by Crippen LogP contribution is 2.46. The number of nitrogens with one attached hydrogen (secondary N) is 3. The van der Waals surface area contributed by atoms with Gasteiger partial charge in [-0.1, -0.05) is 108 Å². The summed E-state index contributed by atoms with van der Waals surface area (Å²) >= 11 is -0.750. The molecule has 0 bridgehead atoms. The van der Waals surface area contributed by atoms with Crippen LogP contribution >= 0.6 is 0 Å². The molecule has 4 atom stereocenters. The van der Waals surface area contributed by atoms with Crippen molar-refractivity contribution in [3.63, 3.8) is 0 Å². The van der Waals surface area contributed by atoms with Crippen LogP contribution in [0.3, 0.4) is 0 Å². The summed E-state index contributed by atoms with van der Waals surface area (Å²) < 4.78 is 57.1. The Morgan fingerprint density at radius 2 is 1.03 bits per heavy atom. The van der Waals surface area contributed by atoms with E-state index in [9.17, 15) is 29.4 Å². The van der Waals surface area contributed by atoms with Crippen LogP contribution in [0.15, 0.2) is 138 Å². The lowest BCUT2D eigenvalue weighted by molar-refractivity contribution is -0.0568. The monoisotopic (exact) mass is 1280 g/mol. The van der Waals surface area contributed by atoms with Crippen LogP contribution in [-0.4, -0.2) is 130 Å². The lowest BCUT2D eigenvalue weighted by Gasteiger charge is -2.43. The Kier molecular flexibility index (Phi) is 31.1. The van der Waals surface area contributed by atoms with Crippen molar-refractivity contribution in [1.29, 1.82) is 5.41 Å². The molecule has 21 nitrogen and oxygen atoms in total. The Hall–Kier alpha value is -8.94. The van der Waals surface area contributed by atoms with Crippen LogP contribution in [0.25, 0.3) is 22.3 Å². The molecule has 14 N–H and O–H groups in total. The number of piperidine rings is 2. The van der Waals surface area contributed by atoms with Gasteiger partial charge in [0.2, 0.25) is 0 Å². The van der Waals surface area contributed by atoms with E-state index in [1.807, 2.05) is 86.6 Å². The van der Waals surface area contributed by atoms with Gasteiger partial charge in [0.15, 0.2) is 5.96 Å². The highest BCUT2D eigenvalue weighted by atomic mass is 32.1. The molecule has 6 aromatic carbocycles. The van der Waals surface area contributed by atoms with Crippen molar-refractivity contribution < 1.29 is 61.2 Å². The molecule has 2 heterocycles. The zero-order chi connectivity index (χ0) is 67.1. The van der Waals surface area contributed by atoms with E-state index in [2.05, 4.69) is 30.8 Å². The zero-order valence-electron chi connectivity index (χ0n) is 52.2. The van der Waals surface area contributed by atoms with E-state index in [0.717, 1.165) is 35.7 Å². The molecule has 24 heteroatoms. The molecule has 0 aromatic heterocycles. The number of carbonyl (C=O) groups is 4. The molecule has 2 aliphatic heterocycles. The molecule has 8 rings (SSSR count). The number of methoxy groups -OCH3 is 2. The number of amides is 4. The summed E-state index contributed by atoms with van der Waals surface area (Å²) in [6.07, 6.45) is 3.68. The number of halogens is 2. The molecule has 2 fully saturated rings. The first-order valence-electron chi connectivity index (χ1n) is 29.6. The molecule has 0 saturated carbocycles. The molecular formula is C67H86F2N10O11S. The number of likely N-dealkylation sites (tertiary alicyclic amines) is 2. The number of nitrogens with zero attached hydrogens (tertiary/aromatic N) is 3. The number of hydrogen-bond donors (Lipinski definition) is 10. The van der Waals surface area contributed by atoms with Crippen LogP contribution in [0.4, 0.5) is 18.4 Å². The molecule has 2 saturated heterocycles. The lowest BCUT2D eigenvalue weighted by atomic mass is 9.72. The van der Waals surface area contributed by atoms with Gasteiger partial charge in [0.05, 0.1) is 38.3 Å². The van der Waals surface area contributed by atoms with Crippen molar-refractivity contribution in [2.24, 2.45) is 39.8 Å². The number of rotatable bonds is 19. The third-order valence-electron chi connectivity index (χ3n) is 15.8. The van der Waals surface area contributed by atoms with Crippen molar-refractivity contribution in [2.75, 3.05) is 60.6 Å². The van der Waals surface area contributed by atoms with Gasteiger partial charge in [0.1, 0.15) is 11.6 Å². The quantitative estimate of drug-likeness (QED) is 0.0208. The van der Waals surface area contributed by atoms with Crippen LogP contribution in [0, 0.1) is 42.7 Å². The number of hydrogen-bond acceptors (Lipinski definition) is 14. The minimum atomic E-state index is -1.48. The summed E-state index contributed by atoms with van der Waals surface area (Å²) in [6.45, 7) is 6.87. The van der Waals surface area contributed by atoms with Gasteiger partial charge in [-0.3, -0.25) is 15.0 Å². The van der Waals surface area contributed by atoms with Crippen molar-refractivity contribution in [3.8, 4) is 22.3 Å². The van der Waals surface area contributed by atoms with Gasteiger partial charge in [0.25, 0.3) is 11.8 Å². The number of nitrogens with two attached hydrogens (primary N) is 4. The normalized spacial score (nSPS) is 15.3. The third kappa shape index (κ3) is 21.3. The van der Waals surface area contributed by atoms with E-state index in [-0.39, 0.29) is 55.5 Å². The molecule has 490 valence electrons. The van der Waals surface area contributed by atoms with E-state index in [0.29, 0.717) is 122 Å². The maximum Gasteiger partial charge on any atom is 0.406 e. The fourth-order valence-electron chi connectivity index (χ4n) is 11.5. The molecule has 6 aromatic rings. The summed E-state index contributed by atoms with van der Waals surface area (Å²) in [6, 6.07) is 39.0. The first-order valence-corrected chi connectivity index (χ1v) is 30.3. The first kappa shape index (κ1) is 74.5. The summed E-state index contributed by atoms with van der Waals surface area (Å²) in [4.78, 5) is 57.8. The molecule has 2 unspecified atom stereocenters. The highest BCUT2D eigenvalue weighted by Gasteiger charge is 2.45. The number of aryl methyl sites for hydroxylation is 2. The molecule has 0 spiro atoms. The molecular weight excluding hydrogens is 1190 g/mol. The lowest BCUT2D eigenvalue weighted by Crippen LogP contribution is -2.48. The molecule has 4 amide bonds. The second-order valence-electron chi connectivity index (χ2n) is 21.7. The Balaban J connectivity index is 0.000000349. The van der Waals surface area contributed by atoms with Crippen molar-refractivity contribution >= 4 is 47.9 Å². The van der Waals surface area contributed by atoms with E-state index >= 15 is 8.78 Å². The SMILES string of the molecule is CO.COC(=O)NCCCC(O)(c1cccc(F)c1-c1cccc(C)c1)[C@@H]1CCCN(C(=O)c2ccc(CN)cc2)C1.COC(=O)NCCCC(O)(c1cccc(F)c1-c1cccc(C)c1)[C@@H]1CCCN(C(=O)c2ccc(CN=C(N)N)cc2)C1.N=CN.O=S=O. The Morgan fingerprint density at radius 3 is 1.38 bits per heavy atom. The predicted octanol–water partition coefficient (Wildman–Crippen LogP) is 8.08. The van der Waals surface area contributed by atoms with Crippen LogP contribution in [0.1, 0.15) is 105 Å². The Bertz CT molecular complexity index is 3390. The van der Waals surface area contributed by atoms with Gasteiger partial charge in [-0.2, -0.15) is 8.42 Å². The topological polar surface area (TPSA) is 352 Å². The van der Waals surface area contributed by atoms with Gasteiger partial charge < -0.3 is 68.2 Å². The Morgan fingerprint density at radius 1 is 0.659 bits per heavy atom. The predicted molar refractivity (Wildman–Crippen MR) is 348 cm³/mol. The third-order valence-corrected chi connectivity index (χ3v) is 15.8. The van der Waals surface area contributed by atoms with E-state index < -0.39 is 46.6 Å². The maximum absolute atomic E-state index is 15.6. The molecule has 0 radical (unpaired) electrons.